The van der Waals surface area contributed by atoms with Gasteiger partial charge in [0.15, 0.2) is 9.84 Å². The van der Waals surface area contributed by atoms with Gasteiger partial charge in [-0.15, -0.1) is 11.3 Å². The minimum absolute atomic E-state index is 0.0303. The minimum Gasteiger partial charge on any atom is -0.450 e. The summed E-state index contributed by atoms with van der Waals surface area (Å²) in [6.07, 6.45) is 0.0591. The van der Waals surface area contributed by atoms with Gasteiger partial charge in [0, 0.05) is 11.4 Å². The van der Waals surface area contributed by atoms with E-state index >= 15 is 0 Å². The third kappa shape index (κ3) is 4.17. The standard InChI is InChI=1S/C20H21N3O5S2/c1-3-28-20(25)23-10-9-13-15(11-21)19(29-16(13)12-23)22-18(24)14-7-5-6-8-17(14)30(26,27)4-2/h5-8H,3-4,9-10,12H2,1-2H3,(H,22,24). The number of nitriles is 1. The van der Waals surface area contributed by atoms with E-state index in [0.29, 0.717) is 30.1 Å². The zero-order chi connectivity index (χ0) is 21.9. The summed E-state index contributed by atoms with van der Waals surface area (Å²) >= 11 is 1.21. The first-order chi connectivity index (χ1) is 14.3. The van der Waals surface area contributed by atoms with Crippen molar-refractivity contribution in [2.24, 2.45) is 0 Å². The third-order valence-electron chi connectivity index (χ3n) is 4.77. The predicted octanol–water partition coefficient (Wildman–Crippen LogP) is 3.18. The number of anilines is 1. The first-order valence-electron chi connectivity index (χ1n) is 9.41. The summed E-state index contributed by atoms with van der Waals surface area (Å²) in [7, 11) is -3.59. The van der Waals surface area contributed by atoms with E-state index in [1.165, 1.54) is 30.4 Å². The van der Waals surface area contributed by atoms with Crippen LogP contribution in [0, 0.1) is 11.3 Å². The van der Waals surface area contributed by atoms with E-state index in [1.54, 1.807) is 24.0 Å². The maximum Gasteiger partial charge on any atom is 0.410 e. The quantitative estimate of drug-likeness (QED) is 0.752. The number of sulfone groups is 1. The van der Waals surface area contributed by atoms with Gasteiger partial charge in [-0.3, -0.25) is 4.79 Å². The number of nitrogens with one attached hydrogen (secondary N) is 1. The molecule has 10 heteroatoms. The summed E-state index contributed by atoms with van der Waals surface area (Å²) in [5.74, 6) is -0.724. The molecular weight excluding hydrogens is 426 g/mol. The Kier molecular flexibility index (Phi) is 6.43. The molecule has 0 saturated carbocycles. The fourth-order valence-electron chi connectivity index (χ4n) is 3.23. The van der Waals surface area contributed by atoms with E-state index in [9.17, 15) is 23.3 Å². The highest BCUT2D eigenvalue weighted by Gasteiger charge is 2.29. The lowest BCUT2D eigenvalue weighted by atomic mass is 10.0. The van der Waals surface area contributed by atoms with Gasteiger partial charge in [0.25, 0.3) is 5.91 Å². The summed E-state index contributed by atoms with van der Waals surface area (Å²) in [4.78, 5) is 27.2. The average molecular weight is 448 g/mol. The van der Waals surface area contributed by atoms with Crippen LogP contribution in [0.3, 0.4) is 0 Å². The number of rotatable bonds is 5. The van der Waals surface area contributed by atoms with Crippen molar-refractivity contribution in [2.45, 2.75) is 31.7 Å². The van der Waals surface area contributed by atoms with Gasteiger partial charge in [-0.1, -0.05) is 19.1 Å². The Hall–Kier alpha value is -2.90. The molecule has 0 atom stereocenters. The Morgan fingerprint density at radius 3 is 2.70 bits per heavy atom. The molecule has 2 heterocycles. The minimum atomic E-state index is -3.59. The van der Waals surface area contributed by atoms with Crippen LogP contribution in [0.5, 0.6) is 0 Å². The van der Waals surface area contributed by atoms with E-state index in [4.69, 9.17) is 4.74 Å². The molecule has 3 rings (SSSR count). The summed E-state index contributed by atoms with van der Waals surface area (Å²) in [6, 6.07) is 8.12. The number of nitrogens with zero attached hydrogens (tertiary/aromatic N) is 2. The zero-order valence-corrected chi connectivity index (χ0v) is 18.2. The topological polar surface area (TPSA) is 117 Å². The lowest BCUT2D eigenvalue weighted by molar-refractivity contribution is 0.102. The molecule has 0 bridgehead atoms. The fourth-order valence-corrected chi connectivity index (χ4v) is 5.53. The Labute approximate surface area is 179 Å². The largest absolute Gasteiger partial charge is 0.450 e. The summed E-state index contributed by atoms with van der Waals surface area (Å²) in [5.41, 5.74) is 1.18. The van der Waals surface area contributed by atoms with Gasteiger partial charge in [0.2, 0.25) is 0 Å². The molecule has 0 fully saturated rings. The highest BCUT2D eigenvalue weighted by Crippen LogP contribution is 2.37. The van der Waals surface area contributed by atoms with Crippen LogP contribution in [0.15, 0.2) is 29.2 Å². The third-order valence-corrected chi connectivity index (χ3v) is 7.69. The van der Waals surface area contributed by atoms with Crippen molar-refractivity contribution < 1.29 is 22.7 Å². The maximum atomic E-state index is 12.9. The number of hydrogen-bond donors (Lipinski definition) is 1. The lowest BCUT2D eigenvalue weighted by Crippen LogP contribution is -2.35. The molecule has 158 valence electrons. The van der Waals surface area contributed by atoms with Crippen molar-refractivity contribution >= 4 is 38.2 Å². The molecule has 0 saturated heterocycles. The van der Waals surface area contributed by atoms with E-state index in [-0.39, 0.29) is 22.8 Å². The van der Waals surface area contributed by atoms with Crippen molar-refractivity contribution in [3.8, 4) is 6.07 Å². The van der Waals surface area contributed by atoms with Gasteiger partial charge in [-0.25, -0.2) is 13.2 Å². The van der Waals surface area contributed by atoms with Crippen molar-refractivity contribution in [1.82, 2.24) is 4.90 Å². The molecule has 2 amide bonds. The predicted molar refractivity (Wildman–Crippen MR) is 112 cm³/mol. The number of amides is 2. The molecule has 1 N–H and O–H groups in total. The van der Waals surface area contributed by atoms with Crippen LogP contribution in [0.2, 0.25) is 0 Å². The van der Waals surface area contributed by atoms with E-state index in [0.717, 1.165) is 10.4 Å². The van der Waals surface area contributed by atoms with Crippen LogP contribution in [0.25, 0.3) is 0 Å². The summed E-state index contributed by atoms with van der Waals surface area (Å²) in [6.45, 7) is 4.24. The second kappa shape index (κ2) is 8.85. The van der Waals surface area contributed by atoms with Gasteiger partial charge < -0.3 is 15.0 Å². The van der Waals surface area contributed by atoms with Gasteiger partial charge in [0.05, 0.1) is 34.9 Å². The van der Waals surface area contributed by atoms with E-state index < -0.39 is 21.8 Å². The summed E-state index contributed by atoms with van der Waals surface area (Å²) in [5, 5.41) is 12.7. The second-order valence-corrected chi connectivity index (χ2v) is 9.90. The molecule has 0 spiro atoms. The fraction of sp³-hybridized carbons (Fsp3) is 0.350. The highest BCUT2D eigenvalue weighted by atomic mass is 32.2. The Balaban J connectivity index is 1.90. The second-order valence-electron chi connectivity index (χ2n) is 6.54. The molecule has 0 unspecified atom stereocenters. The molecular formula is C20H21N3O5S2. The Morgan fingerprint density at radius 1 is 1.30 bits per heavy atom. The van der Waals surface area contributed by atoms with Crippen LogP contribution in [0.1, 0.15) is 40.2 Å². The monoisotopic (exact) mass is 447 g/mol. The molecule has 0 aliphatic carbocycles. The zero-order valence-electron chi connectivity index (χ0n) is 16.6. The normalized spacial score (nSPS) is 13.3. The molecule has 1 aromatic heterocycles. The van der Waals surface area contributed by atoms with Crippen LogP contribution in [0.4, 0.5) is 9.80 Å². The number of carbonyl (C=O) groups is 2. The van der Waals surface area contributed by atoms with Gasteiger partial charge in [-0.05, 0) is 31.0 Å². The molecule has 2 aromatic rings. The van der Waals surface area contributed by atoms with Crippen molar-refractivity contribution in [2.75, 3.05) is 24.2 Å². The first kappa shape index (κ1) is 21.8. The molecule has 30 heavy (non-hydrogen) atoms. The van der Waals surface area contributed by atoms with Crippen LogP contribution in [-0.4, -0.2) is 44.2 Å². The maximum absolute atomic E-state index is 12.9. The number of benzene rings is 1. The number of thiophene rings is 1. The van der Waals surface area contributed by atoms with E-state index in [2.05, 4.69) is 11.4 Å². The van der Waals surface area contributed by atoms with Crippen molar-refractivity contribution in [3.05, 3.63) is 45.8 Å². The van der Waals surface area contributed by atoms with Crippen LogP contribution >= 0.6 is 11.3 Å². The molecule has 8 nitrogen and oxygen atoms in total. The van der Waals surface area contributed by atoms with Gasteiger partial charge in [0.1, 0.15) is 11.1 Å². The van der Waals surface area contributed by atoms with Crippen molar-refractivity contribution in [1.29, 1.82) is 5.26 Å². The smallest absolute Gasteiger partial charge is 0.410 e. The van der Waals surface area contributed by atoms with Crippen molar-refractivity contribution in [3.63, 3.8) is 0 Å². The van der Waals surface area contributed by atoms with Gasteiger partial charge >= 0.3 is 6.09 Å². The Bertz CT molecular complexity index is 1130. The van der Waals surface area contributed by atoms with Crippen LogP contribution in [-0.2, 0) is 27.5 Å². The SMILES string of the molecule is CCOC(=O)N1CCc2c(sc(NC(=O)c3ccccc3S(=O)(=O)CC)c2C#N)C1. The molecule has 0 radical (unpaired) electrons. The highest BCUT2D eigenvalue weighted by molar-refractivity contribution is 7.91. The van der Waals surface area contributed by atoms with Crippen LogP contribution < -0.4 is 5.32 Å². The molecule has 1 aliphatic heterocycles. The summed E-state index contributed by atoms with van der Waals surface area (Å²) < 4.78 is 29.7. The van der Waals surface area contributed by atoms with Gasteiger partial charge in [-0.2, -0.15) is 5.26 Å². The number of ether oxygens (including phenoxy) is 1. The van der Waals surface area contributed by atoms with E-state index in [1.807, 2.05) is 0 Å². The number of carbonyl (C=O) groups excluding carboxylic acids is 2. The average Bonchev–Trinajstić information content (AvgIpc) is 3.09. The molecule has 1 aliphatic rings. The number of fused-ring (bicyclic) bond motifs is 1. The molecule has 1 aromatic carbocycles. The Morgan fingerprint density at radius 2 is 2.03 bits per heavy atom. The lowest BCUT2D eigenvalue weighted by Gasteiger charge is -2.25. The number of hydrogen-bond acceptors (Lipinski definition) is 7. The first-order valence-corrected chi connectivity index (χ1v) is 11.9.